The van der Waals surface area contributed by atoms with E-state index in [0.717, 1.165) is 46.1 Å². The first kappa shape index (κ1) is 18.9. The van der Waals surface area contributed by atoms with Crippen molar-refractivity contribution in [3.8, 4) is 17.0 Å². The Morgan fingerprint density at radius 3 is 2.50 bits per heavy atom. The van der Waals surface area contributed by atoms with Crippen molar-refractivity contribution in [2.45, 2.75) is 0 Å². The van der Waals surface area contributed by atoms with Gasteiger partial charge in [0.1, 0.15) is 16.3 Å². The standard InChI is InChI=1S/C20H19BrN4O2S/c1-27-17-5-3-2-4-16(17)24-10-12-25(13-11-24)20(26)19-18(22-23-28-19)14-6-8-15(21)9-7-14/h2-9H,10-13H2,1H3. The predicted molar refractivity (Wildman–Crippen MR) is 114 cm³/mol. The third kappa shape index (κ3) is 3.74. The minimum absolute atomic E-state index is 0.00686. The summed E-state index contributed by atoms with van der Waals surface area (Å²) in [6.45, 7) is 2.81. The second kappa shape index (κ2) is 8.28. The number of ether oxygens (including phenoxy) is 1. The van der Waals surface area contributed by atoms with Gasteiger partial charge in [0.25, 0.3) is 5.91 Å². The lowest BCUT2D eigenvalue weighted by molar-refractivity contribution is 0.0752. The molecule has 0 spiro atoms. The van der Waals surface area contributed by atoms with E-state index in [0.29, 0.717) is 23.7 Å². The normalized spacial score (nSPS) is 14.2. The minimum Gasteiger partial charge on any atom is -0.495 e. The number of methoxy groups -OCH3 is 1. The third-order valence-electron chi connectivity index (χ3n) is 4.79. The first-order chi connectivity index (χ1) is 13.7. The molecule has 1 aromatic heterocycles. The number of para-hydroxylation sites is 2. The van der Waals surface area contributed by atoms with E-state index in [9.17, 15) is 4.79 Å². The summed E-state index contributed by atoms with van der Waals surface area (Å²) in [5.41, 5.74) is 2.61. The molecule has 0 aliphatic carbocycles. The number of anilines is 1. The molecule has 0 saturated carbocycles. The molecule has 1 saturated heterocycles. The first-order valence-corrected chi connectivity index (χ1v) is 10.5. The minimum atomic E-state index is -0.00686. The zero-order valence-electron chi connectivity index (χ0n) is 15.3. The highest BCUT2D eigenvalue weighted by Gasteiger charge is 2.27. The van der Waals surface area contributed by atoms with Gasteiger partial charge in [0, 0.05) is 36.2 Å². The molecule has 1 fully saturated rings. The number of amides is 1. The molecule has 3 aromatic rings. The molecule has 28 heavy (non-hydrogen) atoms. The van der Waals surface area contributed by atoms with Gasteiger partial charge < -0.3 is 14.5 Å². The molecule has 0 radical (unpaired) electrons. The van der Waals surface area contributed by atoms with Gasteiger partial charge in [-0.05, 0) is 35.8 Å². The van der Waals surface area contributed by atoms with Crippen LogP contribution in [0.5, 0.6) is 5.75 Å². The van der Waals surface area contributed by atoms with Gasteiger partial charge in [-0.2, -0.15) is 0 Å². The quantitative estimate of drug-likeness (QED) is 0.592. The summed E-state index contributed by atoms with van der Waals surface area (Å²) in [5, 5.41) is 4.20. The van der Waals surface area contributed by atoms with Crippen LogP contribution in [0.1, 0.15) is 9.67 Å². The number of halogens is 1. The summed E-state index contributed by atoms with van der Waals surface area (Å²) in [6, 6.07) is 15.7. The van der Waals surface area contributed by atoms with Gasteiger partial charge >= 0.3 is 0 Å². The fraction of sp³-hybridized carbons (Fsp3) is 0.250. The van der Waals surface area contributed by atoms with Gasteiger partial charge in [-0.1, -0.05) is 44.7 Å². The number of hydrogen-bond donors (Lipinski definition) is 0. The molecule has 1 aliphatic rings. The fourth-order valence-electron chi connectivity index (χ4n) is 3.31. The molecule has 0 atom stereocenters. The zero-order valence-corrected chi connectivity index (χ0v) is 17.7. The van der Waals surface area contributed by atoms with Crippen LogP contribution in [0.15, 0.2) is 53.0 Å². The molecule has 4 rings (SSSR count). The lowest BCUT2D eigenvalue weighted by Crippen LogP contribution is -2.48. The molecule has 1 amide bonds. The van der Waals surface area contributed by atoms with E-state index in [1.54, 1.807) is 7.11 Å². The van der Waals surface area contributed by atoms with E-state index >= 15 is 0 Å². The van der Waals surface area contributed by atoms with Crippen molar-refractivity contribution >= 4 is 39.1 Å². The average molecular weight is 459 g/mol. The van der Waals surface area contributed by atoms with Crippen LogP contribution in [0.25, 0.3) is 11.3 Å². The molecule has 0 N–H and O–H groups in total. The smallest absolute Gasteiger partial charge is 0.268 e. The Kier molecular flexibility index (Phi) is 5.59. The highest BCUT2D eigenvalue weighted by molar-refractivity contribution is 9.10. The Balaban J connectivity index is 1.48. The molecule has 8 heteroatoms. The van der Waals surface area contributed by atoms with Crippen LogP contribution in [0.2, 0.25) is 0 Å². The van der Waals surface area contributed by atoms with Crippen molar-refractivity contribution in [3.05, 3.63) is 57.9 Å². The highest BCUT2D eigenvalue weighted by atomic mass is 79.9. The van der Waals surface area contributed by atoms with Crippen molar-refractivity contribution in [2.24, 2.45) is 0 Å². The van der Waals surface area contributed by atoms with Crippen LogP contribution in [0.3, 0.4) is 0 Å². The summed E-state index contributed by atoms with van der Waals surface area (Å²) in [7, 11) is 1.68. The van der Waals surface area contributed by atoms with Gasteiger partial charge in [0.2, 0.25) is 0 Å². The van der Waals surface area contributed by atoms with Gasteiger partial charge in [-0.15, -0.1) is 5.10 Å². The molecule has 2 aromatic carbocycles. The second-order valence-corrected chi connectivity index (χ2v) is 8.08. The number of piperazine rings is 1. The van der Waals surface area contributed by atoms with Crippen LogP contribution < -0.4 is 9.64 Å². The van der Waals surface area contributed by atoms with Crippen molar-refractivity contribution in [2.75, 3.05) is 38.2 Å². The maximum atomic E-state index is 13.1. The number of carbonyl (C=O) groups excluding carboxylic acids is 1. The van der Waals surface area contributed by atoms with Crippen molar-refractivity contribution < 1.29 is 9.53 Å². The third-order valence-corrected chi connectivity index (χ3v) is 6.04. The first-order valence-electron chi connectivity index (χ1n) is 8.93. The molecule has 0 bridgehead atoms. The van der Waals surface area contributed by atoms with Gasteiger partial charge in [-0.25, -0.2) is 0 Å². The number of hydrogen-bond acceptors (Lipinski definition) is 6. The molecular weight excluding hydrogens is 440 g/mol. The van der Waals surface area contributed by atoms with Crippen LogP contribution in [-0.4, -0.2) is 53.7 Å². The number of aromatic nitrogens is 2. The lowest BCUT2D eigenvalue weighted by Gasteiger charge is -2.36. The number of nitrogens with zero attached hydrogens (tertiary/aromatic N) is 4. The zero-order chi connectivity index (χ0) is 19.5. The maximum absolute atomic E-state index is 13.1. The molecule has 144 valence electrons. The summed E-state index contributed by atoms with van der Waals surface area (Å²) in [6.07, 6.45) is 0. The summed E-state index contributed by atoms with van der Waals surface area (Å²) < 4.78 is 10.5. The molecular formula is C20H19BrN4O2S. The van der Waals surface area contributed by atoms with Crippen molar-refractivity contribution in [1.82, 2.24) is 14.5 Å². The SMILES string of the molecule is COc1ccccc1N1CCN(C(=O)c2snnc2-c2ccc(Br)cc2)CC1. The second-order valence-electron chi connectivity index (χ2n) is 6.41. The lowest BCUT2D eigenvalue weighted by atomic mass is 10.1. The van der Waals surface area contributed by atoms with Crippen molar-refractivity contribution in [3.63, 3.8) is 0 Å². The van der Waals surface area contributed by atoms with Gasteiger partial charge in [-0.3, -0.25) is 4.79 Å². The van der Waals surface area contributed by atoms with Crippen LogP contribution in [0, 0.1) is 0 Å². The monoisotopic (exact) mass is 458 g/mol. The van der Waals surface area contributed by atoms with E-state index in [1.165, 1.54) is 0 Å². The van der Waals surface area contributed by atoms with E-state index in [4.69, 9.17) is 4.74 Å². The number of benzene rings is 2. The summed E-state index contributed by atoms with van der Waals surface area (Å²) >= 11 is 4.59. The van der Waals surface area contributed by atoms with E-state index < -0.39 is 0 Å². The van der Waals surface area contributed by atoms with Gasteiger partial charge in [0.05, 0.1) is 12.8 Å². The van der Waals surface area contributed by atoms with Crippen molar-refractivity contribution in [1.29, 1.82) is 0 Å². The highest BCUT2D eigenvalue weighted by Crippen LogP contribution is 2.30. The Labute approximate surface area is 176 Å². The summed E-state index contributed by atoms with van der Waals surface area (Å²) in [4.78, 5) is 17.8. The van der Waals surface area contributed by atoms with Gasteiger partial charge in [0.15, 0.2) is 0 Å². The molecule has 6 nitrogen and oxygen atoms in total. The fourth-order valence-corrected chi connectivity index (χ4v) is 4.23. The number of rotatable bonds is 4. The molecule has 2 heterocycles. The van der Waals surface area contributed by atoms with E-state index in [2.05, 4.69) is 36.5 Å². The Morgan fingerprint density at radius 1 is 1.07 bits per heavy atom. The van der Waals surface area contributed by atoms with Crippen LogP contribution in [-0.2, 0) is 0 Å². The average Bonchev–Trinajstić information content (AvgIpc) is 3.23. The van der Waals surface area contributed by atoms with Crippen LogP contribution in [0.4, 0.5) is 5.69 Å². The Hall–Kier alpha value is -2.45. The topological polar surface area (TPSA) is 58.6 Å². The van der Waals surface area contributed by atoms with E-state index in [1.807, 2.05) is 47.4 Å². The Bertz CT molecular complexity index is 968. The predicted octanol–water partition coefficient (Wildman–Crippen LogP) is 3.94. The largest absolute Gasteiger partial charge is 0.495 e. The molecule has 0 unspecified atom stereocenters. The van der Waals surface area contributed by atoms with Crippen LogP contribution >= 0.6 is 27.5 Å². The Morgan fingerprint density at radius 2 is 1.79 bits per heavy atom. The summed E-state index contributed by atoms with van der Waals surface area (Å²) in [5.74, 6) is 0.846. The number of carbonyl (C=O) groups is 1. The van der Waals surface area contributed by atoms with E-state index in [-0.39, 0.29) is 5.91 Å². The molecule has 1 aliphatic heterocycles. The maximum Gasteiger partial charge on any atom is 0.268 e.